The second-order valence-electron chi connectivity index (χ2n) is 6.94. The van der Waals surface area contributed by atoms with Crippen molar-refractivity contribution < 1.29 is 9.18 Å². The summed E-state index contributed by atoms with van der Waals surface area (Å²) in [6, 6.07) is 20.7. The van der Waals surface area contributed by atoms with Gasteiger partial charge in [0.1, 0.15) is 5.82 Å². The molecule has 0 bridgehead atoms. The first kappa shape index (κ1) is 21.5. The molecule has 0 saturated heterocycles. The monoisotopic (exact) mass is 446 g/mol. The van der Waals surface area contributed by atoms with E-state index in [1.54, 1.807) is 36.4 Å². The zero-order chi connectivity index (χ0) is 22.5. The molecule has 1 aromatic heterocycles. The van der Waals surface area contributed by atoms with Gasteiger partial charge in [0.05, 0.1) is 28.6 Å². The molecule has 8 heteroatoms. The number of para-hydroxylation sites is 2. The number of carbonyl (C=O) groups is 1. The van der Waals surface area contributed by atoms with Crippen LogP contribution < -0.4 is 11.0 Å². The number of benzene rings is 3. The summed E-state index contributed by atoms with van der Waals surface area (Å²) in [5, 5.41) is 4.71. The molecule has 0 fully saturated rings. The Balaban J connectivity index is 1.59. The Hall–Kier alpha value is -3.78. The molecule has 3 aromatic carbocycles. The van der Waals surface area contributed by atoms with Gasteiger partial charge in [-0.3, -0.25) is 14.2 Å². The molecular formula is C24H19FN4O2S. The number of carbonyl (C=O) groups excluding carboxylic acids is 1. The normalized spacial score (nSPS) is 11.2. The molecule has 6 nitrogen and oxygen atoms in total. The summed E-state index contributed by atoms with van der Waals surface area (Å²) >= 11 is 1.13. The van der Waals surface area contributed by atoms with Crippen molar-refractivity contribution in [2.75, 3.05) is 5.75 Å². The van der Waals surface area contributed by atoms with E-state index in [0.717, 1.165) is 17.3 Å². The maximum atomic E-state index is 13.6. The van der Waals surface area contributed by atoms with Gasteiger partial charge in [0.2, 0.25) is 0 Å². The van der Waals surface area contributed by atoms with Crippen molar-refractivity contribution >= 4 is 34.8 Å². The first-order valence-electron chi connectivity index (χ1n) is 9.81. The Morgan fingerprint density at radius 2 is 1.81 bits per heavy atom. The quantitative estimate of drug-likeness (QED) is 0.210. The van der Waals surface area contributed by atoms with Crippen molar-refractivity contribution in [3.63, 3.8) is 0 Å². The fourth-order valence-corrected chi connectivity index (χ4v) is 3.95. The van der Waals surface area contributed by atoms with Crippen molar-refractivity contribution in [2.45, 2.75) is 12.1 Å². The smallest absolute Gasteiger partial charge is 0.266 e. The number of amides is 1. The number of hydrogen-bond acceptors (Lipinski definition) is 5. The predicted molar refractivity (Wildman–Crippen MR) is 125 cm³/mol. The number of nitrogens with one attached hydrogen (secondary N) is 1. The highest BCUT2D eigenvalue weighted by Gasteiger charge is 2.15. The van der Waals surface area contributed by atoms with E-state index in [-0.39, 0.29) is 16.9 Å². The average molecular weight is 447 g/mol. The Kier molecular flexibility index (Phi) is 6.42. The lowest BCUT2D eigenvalue weighted by Gasteiger charge is -2.14. The van der Waals surface area contributed by atoms with E-state index >= 15 is 0 Å². The minimum Gasteiger partial charge on any atom is -0.272 e. The second kappa shape index (κ2) is 9.57. The van der Waals surface area contributed by atoms with Crippen LogP contribution in [0.1, 0.15) is 11.1 Å². The van der Waals surface area contributed by atoms with Crippen LogP contribution >= 0.6 is 11.8 Å². The van der Waals surface area contributed by atoms with Crippen LogP contribution in [0.4, 0.5) is 4.39 Å². The fourth-order valence-electron chi connectivity index (χ4n) is 3.15. The lowest BCUT2D eigenvalue weighted by atomic mass is 10.2. The maximum Gasteiger partial charge on any atom is 0.266 e. The van der Waals surface area contributed by atoms with Crippen LogP contribution in [0.15, 0.2) is 87.8 Å². The topological polar surface area (TPSA) is 76.3 Å². The zero-order valence-electron chi connectivity index (χ0n) is 17.2. The van der Waals surface area contributed by atoms with Crippen LogP contribution in [0.5, 0.6) is 0 Å². The SMILES string of the molecule is Cc1ccccc1-n1c(SCC(=O)N/N=C/c2ccccc2F)nc2ccccc2c1=O. The Bertz CT molecular complexity index is 1380. The number of hydrogen-bond donors (Lipinski definition) is 1. The highest BCUT2D eigenvalue weighted by molar-refractivity contribution is 7.99. The van der Waals surface area contributed by atoms with E-state index in [1.165, 1.54) is 16.8 Å². The van der Waals surface area contributed by atoms with Crippen molar-refractivity contribution in [3.05, 3.63) is 100 Å². The summed E-state index contributed by atoms with van der Waals surface area (Å²) in [5.74, 6) is -0.852. The molecule has 0 saturated carbocycles. The highest BCUT2D eigenvalue weighted by Crippen LogP contribution is 2.23. The van der Waals surface area contributed by atoms with E-state index in [4.69, 9.17) is 0 Å². The minimum absolute atomic E-state index is 0.0225. The molecule has 0 aliphatic heterocycles. The van der Waals surface area contributed by atoms with Crippen LogP contribution in [-0.4, -0.2) is 27.4 Å². The van der Waals surface area contributed by atoms with Gasteiger partial charge in [-0.1, -0.05) is 60.3 Å². The molecule has 0 aliphatic carbocycles. The lowest BCUT2D eigenvalue weighted by Crippen LogP contribution is -2.24. The van der Waals surface area contributed by atoms with E-state index in [2.05, 4.69) is 15.5 Å². The van der Waals surface area contributed by atoms with Crippen molar-refractivity contribution in [2.24, 2.45) is 5.10 Å². The summed E-state index contributed by atoms with van der Waals surface area (Å²) in [5.41, 5.74) is 4.62. The highest BCUT2D eigenvalue weighted by atomic mass is 32.2. The zero-order valence-corrected chi connectivity index (χ0v) is 18.0. The molecule has 4 rings (SSSR count). The fraction of sp³-hybridized carbons (Fsp3) is 0.0833. The molecule has 32 heavy (non-hydrogen) atoms. The van der Waals surface area contributed by atoms with Gasteiger partial charge in [0.25, 0.3) is 11.5 Å². The molecule has 1 N–H and O–H groups in total. The third-order valence-electron chi connectivity index (χ3n) is 4.73. The summed E-state index contributed by atoms with van der Waals surface area (Å²) in [6.07, 6.45) is 1.25. The third kappa shape index (κ3) is 4.60. The van der Waals surface area contributed by atoms with Gasteiger partial charge in [-0.15, -0.1) is 0 Å². The number of nitrogens with zero attached hydrogens (tertiary/aromatic N) is 3. The second-order valence-corrected chi connectivity index (χ2v) is 7.88. The Labute approximate surface area is 187 Å². The predicted octanol–water partition coefficient (Wildman–Crippen LogP) is 4.08. The molecule has 160 valence electrons. The number of aryl methyl sites for hydroxylation is 1. The van der Waals surface area contributed by atoms with Gasteiger partial charge in [0, 0.05) is 5.56 Å². The van der Waals surface area contributed by atoms with Gasteiger partial charge in [-0.25, -0.2) is 14.8 Å². The minimum atomic E-state index is -0.428. The molecule has 0 unspecified atom stereocenters. The van der Waals surface area contributed by atoms with Crippen molar-refractivity contribution in [1.29, 1.82) is 0 Å². The van der Waals surface area contributed by atoms with Gasteiger partial charge >= 0.3 is 0 Å². The van der Waals surface area contributed by atoms with E-state index in [0.29, 0.717) is 21.7 Å². The molecule has 1 heterocycles. The summed E-state index contributed by atoms with van der Waals surface area (Å²) < 4.78 is 15.2. The van der Waals surface area contributed by atoms with Crippen LogP contribution in [0.25, 0.3) is 16.6 Å². The van der Waals surface area contributed by atoms with Gasteiger partial charge < -0.3 is 0 Å². The number of fused-ring (bicyclic) bond motifs is 1. The first-order chi connectivity index (χ1) is 15.5. The number of halogens is 1. The third-order valence-corrected chi connectivity index (χ3v) is 5.67. The van der Waals surface area contributed by atoms with Crippen LogP contribution in [0.2, 0.25) is 0 Å². The molecule has 0 spiro atoms. The summed E-state index contributed by atoms with van der Waals surface area (Å²) in [4.78, 5) is 30.2. The maximum absolute atomic E-state index is 13.6. The molecule has 0 radical (unpaired) electrons. The van der Waals surface area contributed by atoms with Crippen molar-refractivity contribution in [1.82, 2.24) is 15.0 Å². The molecule has 1 amide bonds. The summed E-state index contributed by atoms with van der Waals surface area (Å²) in [6.45, 7) is 1.91. The lowest BCUT2D eigenvalue weighted by molar-refractivity contribution is -0.118. The largest absolute Gasteiger partial charge is 0.272 e. The Morgan fingerprint density at radius 3 is 2.62 bits per heavy atom. The van der Waals surface area contributed by atoms with Gasteiger partial charge in [0.15, 0.2) is 5.16 Å². The number of hydrazone groups is 1. The Morgan fingerprint density at radius 1 is 1.09 bits per heavy atom. The molecular weight excluding hydrogens is 427 g/mol. The molecule has 0 atom stereocenters. The van der Waals surface area contributed by atoms with Crippen molar-refractivity contribution in [3.8, 4) is 5.69 Å². The molecule has 0 aliphatic rings. The summed E-state index contributed by atoms with van der Waals surface area (Å²) in [7, 11) is 0. The average Bonchev–Trinajstić information content (AvgIpc) is 2.80. The first-order valence-corrected chi connectivity index (χ1v) is 10.8. The van der Waals surface area contributed by atoms with E-state index < -0.39 is 11.7 Å². The van der Waals surface area contributed by atoms with Crippen LogP contribution in [-0.2, 0) is 4.79 Å². The van der Waals surface area contributed by atoms with Gasteiger partial charge in [-0.2, -0.15) is 5.10 Å². The van der Waals surface area contributed by atoms with E-state index in [1.807, 2.05) is 37.3 Å². The number of thioether (sulfide) groups is 1. The van der Waals surface area contributed by atoms with Crippen LogP contribution in [0.3, 0.4) is 0 Å². The van der Waals surface area contributed by atoms with Gasteiger partial charge in [-0.05, 0) is 36.8 Å². The van der Waals surface area contributed by atoms with E-state index in [9.17, 15) is 14.0 Å². The van der Waals surface area contributed by atoms with Crippen LogP contribution in [0, 0.1) is 12.7 Å². The number of aromatic nitrogens is 2. The number of rotatable bonds is 6. The standard InChI is InChI=1S/C24H19FN4O2S/c1-16-8-2-7-13-21(16)29-23(31)18-10-4-6-12-20(18)27-24(29)32-15-22(30)28-26-14-17-9-3-5-11-19(17)25/h2-14H,15H2,1H3,(H,28,30)/b26-14+. The molecule has 4 aromatic rings.